The standard InChI is InChI=1S/C18H21FN2O5/c1-5-8-21-12-9-11(19)6-7-13(12)26-10(2)14(15(21)22)20-16(23)18(3,4)17(24)25/h5-7,9-10,14H,1,8H2,2-4H3,(H,20,23)(H,24,25)/t10-,14+/m1/s1. The molecule has 0 aromatic heterocycles. The molecule has 1 heterocycles. The van der Waals surface area contributed by atoms with Crippen molar-refractivity contribution in [3.8, 4) is 5.75 Å². The molecule has 0 spiro atoms. The molecule has 2 rings (SSSR count). The highest BCUT2D eigenvalue weighted by atomic mass is 19.1. The molecule has 2 amide bonds. The van der Waals surface area contributed by atoms with Crippen molar-refractivity contribution in [2.24, 2.45) is 5.41 Å². The first-order valence-corrected chi connectivity index (χ1v) is 8.02. The predicted octanol–water partition coefficient (Wildman–Crippen LogP) is 1.72. The highest BCUT2D eigenvalue weighted by Crippen LogP contribution is 2.34. The van der Waals surface area contributed by atoms with Gasteiger partial charge in [0.2, 0.25) is 5.91 Å². The summed E-state index contributed by atoms with van der Waals surface area (Å²) in [5.74, 6) is -2.96. The van der Waals surface area contributed by atoms with Gasteiger partial charge in [-0.2, -0.15) is 0 Å². The molecule has 0 unspecified atom stereocenters. The van der Waals surface area contributed by atoms with Gasteiger partial charge < -0.3 is 20.1 Å². The molecule has 0 aliphatic carbocycles. The number of anilines is 1. The lowest BCUT2D eigenvalue weighted by Crippen LogP contribution is -2.57. The lowest BCUT2D eigenvalue weighted by molar-refractivity contribution is -0.154. The number of fused-ring (bicyclic) bond motifs is 1. The van der Waals surface area contributed by atoms with Gasteiger partial charge in [0.05, 0.1) is 5.69 Å². The van der Waals surface area contributed by atoms with Gasteiger partial charge in [-0.25, -0.2) is 4.39 Å². The first-order chi connectivity index (χ1) is 12.1. The van der Waals surface area contributed by atoms with E-state index in [1.54, 1.807) is 6.92 Å². The smallest absolute Gasteiger partial charge is 0.318 e. The minimum atomic E-state index is -1.73. The zero-order chi connectivity index (χ0) is 19.6. The fourth-order valence-corrected chi connectivity index (χ4v) is 2.47. The molecule has 1 aromatic carbocycles. The van der Waals surface area contributed by atoms with E-state index in [2.05, 4.69) is 11.9 Å². The molecular formula is C18H21FN2O5. The van der Waals surface area contributed by atoms with Gasteiger partial charge in [-0.15, -0.1) is 6.58 Å². The van der Waals surface area contributed by atoms with Crippen molar-refractivity contribution in [1.29, 1.82) is 0 Å². The molecular weight excluding hydrogens is 343 g/mol. The summed E-state index contributed by atoms with van der Waals surface area (Å²) in [4.78, 5) is 37.9. The van der Waals surface area contributed by atoms with Crippen molar-refractivity contribution >= 4 is 23.5 Å². The van der Waals surface area contributed by atoms with Crippen LogP contribution in [-0.2, 0) is 14.4 Å². The van der Waals surface area contributed by atoms with Crippen LogP contribution in [0.5, 0.6) is 5.75 Å². The van der Waals surface area contributed by atoms with E-state index in [1.165, 1.54) is 37.0 Å². The second kappa shape index (κ2) is 7.15. The number of hydrogen-bond acceptors (Lipinski definition) is 4. The number of halogens is 1. The van der Waals surface area contributed by atoms with Gasteiger partial charge in [-0.3, -0.25) is 14.4 Å². The number of benzene rings is 1. The van der Waals surface area contributed by atoms with E-state index in [0.29, 0.717) is 0 Å². The van der Waals surface area contributed by atoms with Gasteiger partial charge in [0, 0.05) is 12.6 Å². The summed E-state index contributed by atoms with van der Waals surface area (Å²) < 4.78 is 19.4. The number of hydrogen-bond donors (Lipinski definition) is 2. The number of aliphatic carboxylic acids is 1. The summed E-state index contributed by atoms with van der Waals surface area (Å²) in [7, 11) is 0. The Morgan fingerprint density at radius 2 is 2.12 bits per heavy atom. The van der Waals surface area contributed by atoms with Crippen molar-refractivity contribution in [3.05, 3.63) is 36.7 Å². The third kappa shape index (κ3) is 3.54. The summed E-state index contributed by atoms with van der Waals surface area (Å²) in [5.41, 5.74) is -1.51. The Hall–Kier alpha value is -2.90. The maximum atomic E-state index is 13.7. The molecule has 1 aliphatic rings. The molecule has 0 saturated heterocycles. The molecule has 8 heteroatoms. The Balaban J connectivity index is 2.41. The van der Waals surface area contributed by atoms with E-state index < -0.39 is 41.2 Å². The molecule has 2 atom stereocenters. The summed E-state index contributed by atoms with van der Waals surface area (Å²) in [6, 6.07) is 2.62. The Bertz CT molecular complexity index is 762. The van der Waals surface area contributed by atoms with Crippen LogP contribution in [0.3, 0.4) is 0 Å². The molecule has 7 nitrogen and oxygen atoms in total. The highest BCUT2D eigenvalue weighted by molar-refractivity contribution is 6.05. The van der Waals surface area contributed by atoms with Crippen molar-refractivity contribution in [2.45, 2.75) is 32.9 Å². The maximum Gasteiger partial charge on any atom is 0.318 e. The third-order valence-electron chi connectivity index (χ3n) is 4.23. The monoisotopic (exact) mass is 364 g/mol. The van der Waals surface area contributed by atoms with Crippen molar-refractivity contribution in [3.63, 3.8) is 0 Å². The number of carbonyl (C=O) groups excluding carboxylic acids is 2. The van der Waals surface area contributed by atoms with E-state index in [9.17, 15) is 23.9 Å². The van der Waals surface area contributed by atoms with Crippen LogP contribution < -0.4 is 15.0 Å². The summed E-state index contributed by atoms with van der Waals surface area (Å²) in [5, 5.41) is 11.6. The number of carboxylic acids is 1. The molecule has 0 bridgehead atoms. The Morgan fingerprint density at radius 3 is 2.69 bits per heavy atom. The van der Waals surface area contributed by atoms with E-state index in [4.69, 9.17) is 4.74 Å². The highest BCUT2D eigenvalue weighted by Gasteiger charge is 2.42. The molecule has 1 aromatic rings. The minimum absolute atomic E-state index is 0.0695. The zero-order valence-corrected chi connectivity index (χ0v) is 14.8. The van der Waals surface area contributed by atoms with Gasteiger partial charge in [-0.05, 0) is 32.9 Å². The van der Waals surface area contributed by atoms with Crippen LogP contribution in [0.4, 0.5) is 10.1 Å². The van der Waals surface area contributed by atoms with Crippen molar-refractivity contribution in [2.75, 3.05) is 11.4 Å². The molecule has 26 heavy (non-hydrogen) atoms. The van der Waals surface area contributed by atoms with E-state index in [-0.39, 0.29) is 18.0 Å². The van der Waals surface area contributed by atoms with Gasteiger partial charge in [0.25, 0.3) is 5.91 Å². The molecule has 0 radical (unpaired) electrons. The van der Waals surface area contributed by atoms with Crippen LogP contribution >= 0.6 is 0 Å². The van der Waals surface area contributed by atoms with Crippen LogP contribution in [0.2, 0.25) is 0 Å². The van der Waals surface area contributed by atoms with Crippen molar-refractivity contribution in [1.82, 2.24) is 5.32 Å². The molecule has 2 N–H and O–H groups in total. The van der Waals surface area contributed by atoms with Crippen LogP contribution in [0.15, 0.2) is 30.9 Å². The lowest BCUT2D eigenvalue weighted by atomic mass is 9.92. The number of amides is 2. The van der Waals surface area contributed by atoms with Crippen LogP contribution in [0.25, 0.3) is 0 Å². The summed E-state index contributed by atoms with van der Waals surface area (Å²) in [6.07, 6.45) is 0.665. The fourth-order valence-electron chi connectivity index (χ4n) is 2.47. The Morgan fingerprint density at radius 1 is 1.46 bits per heavy atom. The predicted molar refractivity (Wildman–Crippen MR) is 92.4 cm³/mol. The summed E-state index contributed by atoms with van der Waals surface area (Å²) >= 11 is 0. The number of carbonyl (C=O) groups is 3. The molecule has 1 aliphatic heterocycles. The van der Waals surface area contributed by atoms with E-state index in [1.807, 2.05) is 0 Å². The average molecular weight is 364 g/mol. The summed E-state index contributed by atoms with van der Waals surface area (Å²) in [6.45, 7) is 7.71. The topological polar surface area (TPSA) is 95.9 Å². The van der Waals surface area contributed by atoms with E-state index >= 15 is 0 Å². The quantitative estimate of drug-likeness (QED) is 0.613. The van der Waals surface area contributed by atoms with Crippen LogP contribution in [0, 0.1) is 11.2 Å². The van der Waals surface area contributed by atoms with Crippen LogP contribution in [-0.4, -0.2) is 41.6 Å². The number of rotatable bonds is 5. The average Bonchev–Trinajstić information content (AvgIpc) is 2.65. The maximum absolute atomic E-state index is 13.7. The molecule has 0 saturated carbocycles. The number of nitrogens with one attached hydrogen (secondary N) is 1. The lowest BCUT2D eigenvalue weighted by Gasteiger charge is -2.28. The van der Waals surface area contributed by atoms with Gasteiger partial charge in [-0.1, -0.05) is 6.08 Å². The third-order valence-corrected chi connectivity index (χ3v) is 4.23. The number of carboxylic acid groups (broad SMARTS) is 1. The zero-order valence-electron chi connectivity index (χ0n) is 14.8. The normalized spacial score (nSPS) is 19.8. The van der Waals surface area contributed by atoms with Gasteiger partial charge in [0.15, 0.2) is 0 Å². The van der Waals surface area contributed by atoms with E-state index in [0.717, 1.165) is 6.07 Å². The first-order valence-electron chi connectivity index (χ1n) is 8.02. The first kappa shape index (κ1) is 19.4. The number of nitrogens with zero attached hydrogens (tertiary/aromatic N) is 1. The SMILES string of the molecule is C=CCN1C(=O)[C@@H](NC(=O)C(C)(C)C(=O)O)[C@@H](C)Oc2ccc(F)cc21. The van der Waals surface area contributed by atoms with Gasteiger partial charge >= 0.3 is 5.97 Å². The molecule has 0 fully saturated rings. The largest absolute Gasteiger partial charge is 0.486 e. The molecule has 140 valence electrons. The Kier molecular flexibility index (Phi) is 5.34. The van der Waals surface area contributed by atoms with Crippen molar-refractivity contribution < 1.29 is 28.6 Å². The Labute approximate surface area is 150 Å². The second-order valence-electron chi connectivity index (χ2n) is 6.55. The number of ether oxygens (including phenoxy) is 1. The minimum Gasteiger partial charge on any atom is -0.486 e. The second-order valence-corrected chi connectivity index (χ2v) is 6.55. The van der Waals surface area contributed by atoms with Gasteiger partial charge in [0.1, 0.15) is 29.1 Å². The van der Waals surface area contributed by atoms with Crippen LogP contribution in [0.1, 0.15) is 20.8 Å². The fraction of sp³-hybridized carbons (Fsp3) is 0.389.